The number of nitrogens with zero attached hydrogens (tertiary/aromatic N) is 3. The van der Waals surface area contributed by atoms with Crippen molar-refractivity contribution >= 4 is 27.4 Å². The second kappa shape index (κ2) is 4.87. The molecule has 0 spiro atoms. The molecule has 92 valence electrons. The third-order valence-electron chi connectivity index (χ3n) is 2.38. The van der Waals surface area contributed by atoms with Gasteiger partial charge < -0.3 is 5.32 Å². The molecule has 2 rings (SSSR count). The number of fused-ring (bicyclic) bond motifs is 1. The molecule has 0 aliphatic rings. The van der Waals surface area contributed by atoms with Crippen molar-refractivity contribution in [2.75, 3.05) is 5.32 Å². The average molecular weight is 300 g/mol. The Balaban J connectivity index is 2.16. The predicted octanol–water partition coefficient (Wildman–Crippen LogP) is 1.39. The molecule has 2 aromatic rings. The van der Waals surface area contributed by atoms with Crippen molar-refractivity contribution in [3.05, 3.63) is 22.9 Å². The minimum atomic E-state index is -0.277. The molecule has 2 unspecified atom stereocenters. The van der Waals surface area contributed by atoms with Gasteiger partial charge in [-0.25, -0.2) is 19.3 Å². The number of nitrogens with one attached hydrogen (secondary N) is 2. The van der Waals surface area contributed by atoms with Gasteiger partial charge >= 0.3 is 5.69 Å². The zero-order chi connectivity index (χ0) is 12.4. The van der Waals surface area contributed by atoms with Crippen LogP contribution in [0.3, 0.4) is 0 Å². The maximum absolute atomic E-state index is 11.2. The Labute approximate surface area is 107 Å². The van der Waals surface area contributed by atoms with Crippen LogP contribution in [0.15, 0.2) is 17.2 Å². The first-order chi connectivity index (χ1) is 8.06. The lowest BCUT2D eigenvalue weighted by Gasteiger charge is -2.15. The number of hydrogen-bond donors (Lipinski definition) is 2. The number of hydrogen-bond acceptors (Lipinski definition) is 4. The van der Waals surface area contributed by atoms with Crippen LogP contribution in [0.5, 0.6) is 0 Å². The summed E-state index contributed by atoms with van der Waals surface area (Å²) in [6, 6.07) is 2.04. The summed E-state index contributed by atoms with van der Waals surface area (Å²) < 4.78 is 1.36. The Morgan fingerprint density at radius 2 is 2.35 bits per heavy atom. The van der Waals surface area contributed by atoms with Crippen LogP contribution >= 0.6 is 15.9 Å². The molecule has 0 amide bonds. The molecule has 0 saturated carbocycles. The fraction of sp³-hybridized carbons (Fsp3) is 0.500. The Hall–Kier alpha value is -1.37. The molecule has 6 nitrogen and oxygen atoms in total. The van der Waals surface area contributed by atoms with Crippen LogP contribution in [0.25, 0.3) is 5.65 Å². The Bertz CT molecular complexity index is 561. The highest BCUT2D eigenvalue weighted by atomic mass is 79.9. The van der Waals surface area contributed by atoms with Crippen LogP contribution in [0.4, 0.5) is 5.82 Å². The van der Waals surface area contributed by atoms with Gasteiger partial charge in [0.1, 0.15) is 12.1 Å². The lowest BCUT2D eigenvalue weighted by Crippen LogP contribution is -2.19. The maximum atomic E-state index is 11.2. The van der Waals surface area contributed by atoms with E-state index in [9.17, 15) is 4.79 Å². The standard InChI is InChI=1S/C10H14BrN5O/c1-6(11)3-7(2)13-8-4-9-14-15-10(17)16(9)5-12-8/h4-7,13H,3H2,1-2H3,(H,15,17). The first-order valence-electron chi connectivity index (χ1n) is 5.39. The zero-order valence-electron chi connectivity index (χ0n) is 9.64. The second-order valence-electron chi connectivity index (χ2n) is 4.09. The summed E-state index contributed by atoms with van der Waals surface area (Å²) in [5.41, 5.74) is 0.285. The molecule has 2 heterocycles. The van der Waals surface area contributed by atoms with E-state index in [1.807, 2.05) is 0 Å². The van der Waals surface area contributed by atoms with E-state index < -0.39 is 0 Å². The van der Waals surface area contributed by atoms with Crippen molar-refractivity contribution in [2.45, 2.75) is 31.1 Å². The fourth-order valence-electron chi connectivity index (χ4n) is 1.69. The van der Waals surface area contributed by atoms with Gasteiger partial charge in [0, 0.05) is 16.9 Å². The van der Waals surface area contributed by atoms with Crippen molar-refractivity contribution in [2.24, 2.45) is 0 Å². The van der Waals surface area contributed by atoms with E-state index in [0.717, 1.165) is 12.2 Å². The quantitative estimate of drug-likeness (QED) is 0.837. The minimum absolute atomic E-state index is 0.277. The first-order valence-corrected chi connectivity index (χ1v) is 6.31. The van der Waals surface area contributed by atoms with Crippen LogP contribution in [-0.4, -0.2) is 30.5 Å². The molecule has 2 N–H and O–H groups in total. The van der Waals surface area contributed by atoms with Gasteiger partial charge in [0.05, 0.1) is 0 Å². The van der Waals surface area contributed by atoms with Gasteiger partial charge in [-0.15, -0.1) is 0 Å². The summed E-state index contributed by atoms with van der Waals surface area (Å²) >= 11 is 3.51. The Morgan fingerprint density at radius 1 is 1.59 bits per heavy atom. The monoisotopic (exact) mass is 299 g/mol. The van der Waals surface area contributed by atoms with Crippen LogP contribution in [0.1, 0.15) is 20.3 Å². The summed E-state index contributed by atoms with van der Waals surface area (Å²) in [7, 11) is 0. The fourth-order valence-corrected chi connectivity index (χ4v) is 2.25. The van der Waals surface area contributed by atoms with Gasteiger partial charge in [0.25, 0.3) is 0 Å². The molecule has 2 atom stereocenters. The summed E-state index contributed by atoms with van der Waals surface area (Å²) in [4.78, 5) is 15.8. The summed E-state index contributed by atoms with van der Waals surface area (Å²) in [5, 5.41) is 9.52. The van der Waals surface area contributed by atoms with Gasteiger partial charge in [-0.1, -0.05) is 22.9 Å². The molecular weight excluding hydrogens is 286 g/mol. The smallest absolute Gasteiger partial charge is 0.348 e. The van der Waals surface area contributed by atoms with Crippen molar-refractivity contribution < 1.29 is 0 Å². The van der Waals surface area contributed by atoms with Gasteiger partial charge in [0.15, 0.2) is 5.65 Å². The molecule has 0 fully saturated rings. The number of anilines is 1. The van der Waals surface area contributed by atoms with Gasteiger partial charge in [-0.3, -0.25) is 0 Å². The second-order valence-corrected chi connectivity index (χ2v) is 5.66. The van der Waals surface area contributed by atoms with E-state index in [4.69, 9.17) is 0 Å². The lowest BCUT2D eigenvalue weighted by molar-refractivity contribution is 0.704. The molecule has 7 heteroatoms. The maximum Gasteiger partial charge on any atom is 0.348 e. The molecule has 0 aliphatic heterocycles. The number of aromatic nitrogens is 4. The van der Waals surface area contributed by atoms with Crippen molar-refractivity contribution in [1.82, 2.24) is 19.6 Å². The van der Waals surface area contributed by atoms with Gasteiger partial charge in [-0.05, 0) is 13.3 Å². The Morgan fingerprint density at radius 3 is 3.06 bits per heavy atom. The molecule has 17 heavy (non-hydrogen) atoms. The molecule has 0 saturated heterocycles. The van der Waals surface area contributed by atoms with Crippen molar-refractivity contribution in [3.8, 4) is 0 Å². The highest BCUT2D eigenvalue weighted by Gasteiger charge is 2.08. The van der Waals surface area contributed by atoms with Crippen LogP contribution in [-0.2, 0) is 0 Å². The molecule has 2 aromatic heterocycles. The predicted molar refractivity (Wildman–Crippen MR) is 69.7 cm³/mol. The highest BCUT2D eigenvalue weighted by molar-refractivity contribution is 9.09. The number of rotatable bonds is 4. The zero-order valence-corrected chi connectivity index (χ0v) is 11.2. The van der Waals surface area contributed by atoms with Crippen LogP contribution in [0.2, 0.25) is 0 Å². The highest BCUT2D eigenvalue weighted by Crippen LogP contribution is 2.12. The van der Waals surface area contributed by atoms with Gasteiger partial charge in [0.2, 0.25) is 0 Å². The molecule has 0 radical (unpaired) electrons. The van der Waals surface area contributed by atoms with Crippen LogP contribution < -0.4 is 11.0 Å². The van der Waals surface area contributed by atoms with E-state index in [1.54, 1.807) is 6.07 Å². The number of aromatic amines is 1. The molecular formula is C10H14BrN5O. The number of alkyl halides is 1. The minimum Gasteiger partial charge on any atom is -0.367 e. The Kier molecular flexibility index (Phi) is 3.46. The molecule has 0 aliphatic carbocycles. The van der Waals surface area contributed by atoms with E-state index in [2.05, 4.69) is 50.3 Å². The van der Waals surface area contributed by atoms with E-state index in [1.165, 1.54) is 10.7 Å². The average Bonchev–Trinajstić information content (AvgIpc) is 2.58. The third kappa shape index (κ3) is 2.85. The lowest BCUT2D eigenvalue weighted by atomic mass is 10.2. The number of halogens is 1. The summed E-state index contributed by atoms with van der Waals surface area (Å²) in [6.45, 7) is 4.18. The van der Waals surface area contributed by atoms with E-state index >= 15 is 0 Å². The largest absolute Gasteiger partial charge is 0.367 e. The SMILES string of the molecule is CC(Br)CC(C)Nc1cc2n[nH]c(=O)n2cn1. The van der Waals surface area contributed by atoms with Crippen molar-refractivity contribution in [3.63, 3.8) is 0 Å². The summed E-state index contributed by atoms with van der Waals surface area (Å²) in [5.74, 6) is 0.720. The molecule has 0 aromatic carbocycles. The topological polar surface area (TPSA) is 75.1 Å². The number of H-pyrrole nitrogens is 1. The van der Waals surface area contributed by atoms with Gasteiger partial charge in [-0.2, -0.15) is 5.10 Å². The van der Waals surface area contributed by atoms with Crippen molar-refractivity contribution in [1.29, 1.82) is 0 Å². The third-order valence-corrected chi connectivity index (χ3v) is 2.76. The van der Waals surface area contributed by atoms with Crippen LogP contribution in [0, 0.1) is 0 Å². The van der Waals surface area contributed by atoms with E-state index in [-0.39, 0.29) is 5.69 Å². The first kappa shape index (κ1) is 12.1. The van der Waals surface area contributed by atoms with E-state index in [0.29, 0.717) is 16.5 Å². The molecule has 0 bridgehead atoms. The normalized spacial score (nSPS) is 14.8. The summed E-state index contributed by atoms with van der Waals surface area (Å²) in [6.07, 6.45) is 2.45.